The van der Waals surface area contributed by atoms with Gasteiger partial charge in [0.05, 0.1) is 13.7 Å². The van der Waals surface area contributed by atoms with Crippen molar-refractivity contribution in [1.29, 1.82) is 0 Å². The Morgan fingerprint density at radius 1 is 1.18 bits per heavy atom. The van der Waals surface area contributed by atoms with Crippen LogP contribution in [0.25, 0.3) is 10.8 Å². The Morgan fingerprint density at radius 3 is 2.57 bits per heavy atom. The minimum absolute atomic E-state index is 0.0495. The molecule has 1 fully saturated rings. The highest BCUT2D eigenvalue weighted by atomic mass is 16.5. The fourth-order valence-corrected chi connectivity index (χ4v) is 3.61. The Kier molecular flexibility index (Phi) is 6.36. The Balaban J connectivity index is 1.45. The number of hydrogen-bond donors (Lipinski definition) is 3. The van der Waals surface area contributed by atoms with Gasteiger partial charge in [-0.25, -0.2) is 4.79 Å². The van der Waals surface area contributed by atoms with Crippen LogP contribution in [-0.4, -0.2) is 54.3 Å². The number of carboxylic acid groups (broad SMARTS) is 1. The number of amides is 2. The number of benzene rings is 2. The van der Waals surface area contributed by atoms with E-state index in [2.05, 4.69) is 16.7 Å². The summed E-state index contributed by atoms with van der Waals surface area (Å²) in [6.07, 6.45) is 1.57. The number of rotatable bonds is 8. The van der Waals surface area contributed by atoms with E-state index in [-0.39, 0.29) is 24.7 Å². The van der Waals surface area contributed by atoms with Gasteiger partial charge in [0, 0.05) is 18.6 Å². The van der Waals surface area contributed by atoms with Crippen LogP contribution >= 0.6 is 0 Å². The topological polar surface area (TPSA) is 90.9 Å². The van der Waals surface area contributed by atoms with Gasteiger partial charge in [-0.1, -0.05) is 25.1 Å². The summed E-state index contributed by atoms with van der Waals surface area (Å²) in [7, 11) is 1.65. The molecule has 2 aromatic rings. The van der Waals surface area contributed by atoms with E-state index >= 15 is 0 Å². The molecule has 3 rings (SSSR count). The highest BCUT2D eigenvalue weighted by Crippen LogP contribution is 2.25. The van der Waals surface area contributed by atoms with Crippen LogP contribution in [0.3, 0.4) is 0 Å². The highest BCUT2D eigenvalue weighted by Gasteiger charge is 2.34. The number of nitrogens with one attached hydrogen (secondary N) is 2. The Labute approximate surface area is 164 Å². The molecule has 150 valence electrons. The average Bonchev–Trinajstić information content (AvgIpc) is 2.66. The summed E-state index contributed by atoms with van der Waals surface area (Å²) in [5, 5.41) is 17.0. The van der Waals surface area contributed by atoms with Gasteiger partial charge in [-0.3, -0.25) is 9.69 Å². The summed E-state index contributed by atoms with van der Waals surface area (Å²) in [6, 6.07) is 12.1. The zero-order valence-electron chi connectivity index (χ0n) is 16.3. The van der Waals surface area contributed by atoms with Crippen LogP contribution in [0.4, 0.5) is 4.79 Å². The number of hydrogen-bond acceptors (Lipinski definition) is 4. The molecule has 2 aromatic carbocycles. The van der Waals surface area contributed by atoms with E-state index in [0.717, 1.165) is 34.9 Å². The van der Waals surface area contributed by atoms with E-state index < -0.39 is 5.97 Å². The normalized spacial score (nSPS) is 18.5. The first-order valence-corrected chi connectivity index (χ1v) is 9.55. The monoisotopic (exact) mass is 385 g/mol. The first-order chi connectivity index (χ1) is 13.5. The molecule has 0 saturated heterocycles. The van der Waals surface area contributed by atoms with E-state index in [4.69, 9.17) is 9.84 Å². The second-order valence-electron chi connectivity index (χ2n) is 7.15. The highest BCUT2D eigenvalue weighted by molar-refractivity contribution is 5.84. The molecule has 0 spiro atoms. The van der Waals surface area contributed by atoms with Gasteiger partial charge in [-0.15, -0.1) is 0 Å². The van der Waals surface area contributed by atoms with Crippen LogP contribution in [0, 0.1) is 0 Å². The van der Waals surface area contributed by atoms with E-state index in [9.17, 15) is 9.59 Å². The third kappa shape index (κ3) is 4.92. The lowest BCUT2D eigenvalue weighted by Crippen LogP contribution is -2.56. The van der Waals surface area contributed by atoms with Crippen LogP contribution < -0.4 is 15.4 Å². The van der Waals surface area contributed by atoms with Crippen LogP contribution in [0.2, 0.25) is 0 Å². The maximum absolute atomic E-state index is 12.1. The van der Waals surface area contributed by atoms with Crippen LogP contribution in [0.5, 0.6) is 5.75 Å². The van der Waals surface area contributed by atoms with Crippen molar-refractivity contribution in [2.24, 2.45) is 0 Å². The number of aliphatic carboxylic acids is 1. The lowest BCUT2D eigenvalue weighted by molar-refractivity contribution is -0.139. The first-order valence-electron chi connectivity index (χ1n) is 9.55. The molecule has 0 atom stereocenters. The van der Waals surface area contributed by atoms with Crippen molar-refractivity contribution in [3.63, 3.8) is 0 Å². The summed E-state index contributed by atoms with van der Waals surface area (Å²) >= 11 is 0. The predicted molar refractivity (Wildman–Crippen MR) is 108 cm³/mol. The van der Waals surface area contributed by atoms with Crippen molar-refractivity contribution in [3.8, 4) is 5.75 Å². The van der Waals surface area contributed by atoms with E-state index in [1.54, 1.807) is 7.11 Å². The lowest BCUT2D eigenvalue weighted by atomic mass is 9.85. The van der Waals surface area contributed by atoms with Gasteiger partial charge >= 0.3 is 12.0 Å². The number of likely N-dealkylation sites (N-methyl/N-ethyl adjacent to an activating group) is 1. The summed E-state index contributed by atoms with van der Waals surface area (Å²) in [4.78, 5) is 25.0. The van der Waals surface area contributed by atoms with E-state index in [1.165, 1.54) is 0 Å². The molecule has 0 aromatic heterocycles. The maximum Gasteiger partial charge on any atom is 0.317 e. The number of ether oxygens (including phenoxy) is 1. The molecule has 7 heteroatoms. The zero-order valence-corrected chi connectivity index (χ0v) is 16.3. The predicted octanol–water partition coefficient (Wildman–Crippen LogP) is 2.59. The standard InChI is InChI=1S/C21H27N3O4/c1-3-24(13-20(25)26)18-10-17(11-18)23-21(27)22-12-14-4-5-16-9-19(28-2)7-6-15(16)8-14/h4-9,17-18H,3,10-13H2,1-2H3,(H,25,26)(H2,22,23,27). The van der Waals surface area contributed by atoms with Gasteiger partial charge in [0.15, 0.2) is 0 Å². The van der Waals surface area contributed by atoms with Crippen LogP contribution in [-0.2, 0) is 11.3 Å². The van der Waals surface area contributed by atoms with Crippen molar-refractivity contribution in [1.82, 2.24) is 15.5 Å². The van der Waals surface area contributed by atoms with Gasteiger partial charge < -0.3 is 20.5 Å². The maximum atomic E-state index is 12.1. The molecule has 28 heavy (non-hydrogen) atoms. The molecule has 0 unspecified atom stereocenters. The SMILES string of the molecule is CCN(CC(=O)O)C1CC(NC(=O)NCc2ccc3cc(OC)ccc3c2)C1. The Bertz CT molecular complexity index is 849. The fraction of sp³-hybridized carbons (Fsp3) is 0.429. The molecule has 0 aliphatic heterocycles. The number of carboxylic acids is 1. The quantitative estimate of drug-likeness (QED) is 0.650. The Hall–Kier alpha value is -2.80. The van der Waals surface area contributed by atoms with Crippen molar-refractivity contribution >= 4 is 22.8 Å². The van der Waals surface area contributed by atoms with Gasteiger partial charge in [0.1, 0.15) is 5.75 Å². The third-order valence-corrected chi connectivity index (χ3v) is 5.27. The minimum Gasteiger partial charge on any atom is -0.497 e. The molecular weight excluding hydrogens is 358 g/mol. The van der Waals surface area contributed by atoms with E-state index in [0.29, 0.717) is 13.1 Å². The number of carbonyl (C=O) groups is 2. The van der Waals surface area contributed by atoms with Gasteiger partial charge in [-0.2, -0.15) is 0 Å². The third-order valence-electron chi connectivity index (χ3n) is 5.27. The molecule has 1 aliphatic rings. The average molecular weight is 385 g/mol. The van der Waals surface area contributed by atoms with Crippen LogP contribution in [0.15, 0.2) is 36.4 Å². The minimum atomic E-state index is -0.815. The number of nitrogens with zero attached hydrogens (tertiary/aromatic N) is 1. The second-order valence-corrected chi connectivity index (χ2v) is 7.15. The first kappa shape index (κ1) is 19.9. The molecule has 2 amide bonds. The molecular formula is C21H27N3O4. The molecule has 1 saturated carbocycles. The summed E-state index contributed by atoms with van der Waals surface area (Å²) < 4.78 is 5.24. The molecule has 0 bridgehead atoms. The number of urea groups is 1. The van der Waals surface area contributed by atoms with Crippen molar-refractivity contribution in [2.45, 2.75) is 38.4 Å². The Morgan fingerprint density at radius 2 is 1.89 bits per heavy atom. The van der Waals surface area contributed by atoms with E-state index in [1.807, 2.05) is 42.2 Å². The largest absolute Gasteiger partial charge is 0.497 e. The molecule has 3 N–H and O–H groups in total. The van der Waals surface area contributed by atoms with Gasteiger partial charge in [0.25, 0.3) is 0 Å². The molecule has 7 nitrogen and oxygen atoms in total. The molecule has 0 radical (unpaired) electrons. The smallest absolute Gasteiger partial charge is 0.317 e. The summed E-state index contributed by atoms with van der Waals surface area (Å²) in [5.41, 5.74) is 1.03. The van der Waals surface area contributed by atoms with Crippen LogP contribution in [0.1, 0.15) is 25.3 Å². The molecule has 0 heterocycles. The summed E-state index contributed by atoms with van der Waals surface area (Å²) in [6.45, 7) is 3.15. The number of fused-ring (bicyclic) bond motifs is 1. The van der Waals surface area contributed by atoms with Gasteiger partial charge in [0.2, 0.25) is 0 Å². The number of methoxy groups -OCH3 is 1. The molecule has 1 aliphatic carbocycles. The zero-order chi connectivity index (χ0) is 20.1. The van der Waals surface area contributed by atoms with Crippen molar-refractivity contribution in [3.05, 3.63) is 42.0 Å². The fourth-order valence-electron chi connectivity index (χ4n) is 3.61. The second kappa shape index (κ2) is 8.93. The van der Waals surface area contributed by atoms with Crippen molar-refractivity contribution < 1.29 is 19.4 Å². The lowest BCUT2D eigenvalue weighted by Gasteiger charge is -2.42. The van der Waals surface area contributed by atoms with Crippen molar-refractivity contribution in [2.75, 3.05) is 20.2 Å². The summed E-state index contributed by atoms with van der Waals surface area (Å²) in [5.74, 6) is 0.00591. The van der Waals surface area contributed by atoms with Gasteiger partial charge in [-0.05, 0) is 53.9 Å². The number of carbonyl (C=O) groups excluding carboxylic acids is 1.